The molecular formula is C16H18BrNO. The molecule has 0 unspecified atom stereocenters. The predicted molar refractivity (Wildman–Crippen MR) is 82.4 cm³/mol. The Morgan fingerprint density at radius 3 is 2.53 bits per heavy atom. The number of hydrogen-bond donors (Lipinski definition) is 1. The third kappa shape index (κ3) is 4.08. The second kappa shape index (κ2) is 6.73. The highest BCUT2D eigenvalue weighted by atomic mass is 79.9. The van der Waals surface area contributed by atoms with Crippen molar-refractivity contribution >= 4 is 15.9 Å². The van der Waals surface area contributed by atoms with Crippen LogP contribution in [0.4, 0.5) is 0 Å². The van der Waals surface area contributed by atoms with Crippen molar-refractivity contribution in [2.75, 3.05) is 7.05 Å². The average Bonchev–Trinajstić information content (AvgIpc) is 2.40. The highest BCUT2D eigenvalue weighted by Crippen LogP contribution is 2.24. The molecule has 0 radical (unpaired) electrons. The Kier molecular flexibility index (Phi) is 5.00. The summed E-state index contributed by atoms with van der Waals surface area (Å²) in [4.78, 5) is 0. The molecule has 100 valence electrons. The summed E-state index contributed by atoms with van der Waals surface area (Å²) in [5.41, 5.74) is 3.61. The minimum absolute atomic E-state index is 0.596. The van der Waals surface area contributed by atoms with E-state index >= 15 is 0 Å². The van der Waals surface area contributed by atoms with Crippen LogP contribution in [0.25, 0.3) is 0 Å². The molecule has 1 N–H and O–H groups in total. The Balaban J connectivity index is 2.08. The molecule has 2 aromatic carbocycles. The van der Waals surface area contributed by atoms with Gasteiger partial charge in [-0.1, -0.05) is 45.8 Å². The zero-order valence-electron chi connectivity index (χ0n) is 11.2. The van der Waals surface area contributed by atoms with Crippen LogP contribution >= 0.6 is 15.9 Å². The van der Waals surface area contributed by atoms with Crippen molar-refractivity contribution in [3.8, 4) is 5.75 Å². The fourth-order valence-corrected chi connectivity index (χ4v) is 2.27. The molecule has 0 amide bonds. The number of halogens is 1. The first-order valence-corrected chi connectivity index (χ1v) is 7.09. The van der Waals surface area contributed by atoms with Crippen molar-refractivity contribution < 1.29 is 4.74 Å². The lowest BCUT2D eigenvalue weighted by molar-refractivity contribution is 0.302. The van der Waals surface area contributed by atoms with Crippen LogP contribution in [0.1, 0.15) is 16.7 Å². The van der Waals surface area contributed by atoms with Gasteiger partial charge in [-0.2, -0.15) is 0 Å². The molecule has 0 saturated carbocycles. The molecule has 0 aliphatic heterocycles. The highest BCUT2D eigenvalue weighted by Gasteiger charge is 2.04. The quantitative estimate of drug-likeness (QED) is 0.897. The molecule has 2 rings (SSSR count). The van der Waals surface area contributed by atoms with E-state index in [1.807, 2.05) is 19.2 Å². The Hall–Kier alpha value is -1.32. The van der Waals surface area contributed by atoms with Gasteiger partial charge in [0.15, 0.2) is 0 Å². The molecule has 2 nitrogen and oxygen atoms in total. The molecule has 3 heteroatoms. The van der Waals surface area contributed by atoms with E-state index in [0.717, 1.165) is 22.3 Å². The molecule has 0 fully saturated rings. The van der Waals surface area contributed by atoms with Gasteiger partial charge in [0.1, 0.15) is 12.4 Å². The van der Waals surface area contributed by atoms with Crippen LogP contribution in [-0.2, 0) is 13.2 Å². The molecule has 0 aliphatic rings. The molecular weight excluding hydrogens is 302 g/mol. The smallest absolute Gasteiger partial charge is 0.124 e. The fraction of sp³-hybridized carbons (Fsp3) is 0.250. The second-order valence-electron chi connectivity index (χ2n) is 4.56. The first-order chi connectivity index (χ1) is 9.19. The summed E-state index contributed by atoms with van der Waals surface area (Å²) in [7, 11) is 1.94. The molecule has 2 aromatic rings. The Morgan fingerprint density at radius 1 is 1.11 bits per heavy atom. The van der Waals surface area contributed by atoms with Crippen molar-refractivity contribution in [1.82, 2.24) is 5.32 Å². The number of rotatable bonds is 5. The van der Waals surface area contributed by atoms with Crippen LogP contribution in [0.3, 0.4) is 0 Å². The van der Waals surface area contributed by atoms with E-state index in [0.29, 0.717) is 6.61 Å². The lowest BCUT2D eigenvalue weighted by Crippen LogP contribution is -2.07. The zero-order chi connectivity index (χ0) is 13.7. The Bertz CT molecular complexity index is 537. The average molecular weight is 320 g/mol. The maximum Gasteiger partial charge on any atom is 0.124 e. The van der Waals surface area contributed by atoms with E-state index in [-0.39, 0.29) is 0 Å². The monoisotopic (exact) mass is 319 g/mol. The second-order valence-corrected chi connectivity index (χ2v) is 5.47. The highest BCUT2D eigenvalue weighted by molar-refractivity contribution is 9.10. The first-order valence-electron chi connectivity index (χ1n) is 6.30. The van der Waals surface area contributed by atoms with Gasteiger partial charge in [-0.25, -0.2) is 0 Å². The molecule has 0 bridgehead atoms. The van der Waals surface area contributed by atoms with Crippen LogP contribution in [0.2, 0.25) is 0 Å². The molecule has 0 aromatic heterocycles. The topological polar surface area (TPSA) is 21.3 Å². The summed E-state index contributed by atoms with van der Waals surface area (Å²) in [6, 6.07) is 14.5. The number of benzene rings is 2. The molecule has 0 aliphatic carbocycles. The van der Waals surface area contributed by atoms with E-state index in [2.05, 4.69) is 58.5 Å². The standard InChI is InChI=1S/C16H18BrNO/c1-12-3-5-13(6-4-12)11-19-16-8-7-15(17)9-14(16)10-18-2/h3-9,18H,10-11H2,1-2H3. The summed E-state index contributed by atoms with van der Waals surface area (Å²) >= 11 is 3.49. The van der Waals surface area contributed by atoms with Crippen molar-refractivity contribution in [2.45, 2.75) is 20.1 Å². The first kappa shape index (κ1) is 14.1. The van der Waals surface area contributed by atoms with Crippen LogP contribution in [0, 0.1) is 6.92 Å². The summed E-state index contributed by atoms with van der Waals surface area (Å²) in [5, 5.41) is 3.16. The predicted octanol–water partition coefficient (Wildman–Crippen LogP) is 4.06. The Morgan fingerprint density at radius 2 is 1.84 bits per heavy atom. The molecule has 0 atom stereocenters. The van der Waals surface area contributed by atoms with E-state index < -0.39 is 0 Å². The van der Waals surface area contributed by atoms with Crippen LogP contribution in [0.5, 0.6) is 5.75 Å². The fourth-order valence-electron chi connectivity index (χ4n) is 1.86. The third-order valence-corrected chi connectivity index (χ3v) is 3.40. The van der Waals surface area contributed by atoms with Gasteiger partial charge in [0.2, 0.25) is 0 Å². The van der Waals surface area contributed by atoms with Gasteiger partial charge in [0, 0.05) is 16.6 Å². The summed E-state index contributed by atoms with van der Waals surface area (Å²) in [6.07, 6.45) is 0. The largest absolute Gasteiger partial charge is 0.489 e. The van der Waals surface area contributed by atoms with Crippen LogP contribution < -0.4 is 10.1 Å². The molecule has 19 heavy (non-hydrogen) atoms. The zero-order valence-corrected chi connectivity index (χ0v) is 12.8. The summed E-state index contributed by atoms with van der Waals surface area (Å²) in [6.45, 7) is 3.48. The molecule has 0 saturated heterocycles. The van der Waals surface area contributed by atoms with Gasteiger partial charge in [-0.3, -0.25) is 0 Å². The summed E-state index contributed by atoms with van der Waals surface area (Å²) < 4.78 is 6.98. The SMILES string of the molecule is CNCc1cc(Br)ccc1OCc1ccc(C)cc1. The van der Waals surface area contributed by atoms with Gasteiger partial charge in [0.25, 0.3) is 0 Å². The maximum atomic E-state index is 5.91. The number of nitrogens with one attached hydrogen (secondary N) is 1. The van der Waals surface area contributed by atoms with Gasteiger partial charge in [-0.05, 0) is 37.7 Å². The third-order valence-electron chi connectivity index (χ3n) is 2.90. The Labute approximate surface area is 122 Å². The molecule has 0 spiro atoms. The maximum absolute atomic E-state index is 5.91. The van der Waals surface area contributed by atoms with Crippen molar-refractivity contribution in [2.24, 2.45) is 0 Å². The lowest BCUT2D eigenvalue weighted by Gasteiger charge is -2.12. The van der Waals surface area contributed by atoms with Crippen molar-refractivity contribution in [3.63, 3.8) is 0 Å². The minimum Gasteiger partial charge on any atom is -0.489 e. The van der Waals surface area contributed by atoms with Crippen molar-refractivity contribution in [3.05, 3.63) is 63.6 Å². The van der Waals surface area contributed by atoms with E-state index in [9.17, 15) is 0 Å². The van der Waals surface area contributed by atoms with E-state index in [4.69, 9.17) is 4.74 Å². The van der Waals surface area contributed by atoms with Crippen molar-refractivity contribution in [1.29, 1.82) is 0 Å². The number of ether oxygens (including phenoxy) is 1. The van der Waals surface area contributed by atoms with E-state index in [1.54, 1.807) is 0 Å². The number of hydrogen-bond acceptors (Lipinski definition) is 2. The van der Waals surface area contributed by atoms with E-state index in [1.165, 1.54) is 11.1 Å². The van der Waals surface area contributed by atoms with Gasteiger partial charge in [0.05, 0.1) is 0 Å². The molecule has 0 heterocycles. The lowest BCUT2D eigenvalue weighted by atomic mass is 10.1. The summed E-state index contributed by atoms with van der Waals surface area (Å²) in [5.74, 6) is 0.929. The van der Waals surface area contributed by atoms with Gasteiger partial charge in [-0.15, -0.1) is 0 Å². The number of aryl methyl sites for hydroxylation is 1. The minimum atomic E-state index is 0.596. The van der Waals surface area contributed by atoms with Gasteiger partial charge >= 0.3 is 0 Å². The van der Waals surface area contributed by atoms with Crippen LogP contribution in [0.15, 0.2) is 46.9 Å². The van der Waals surface area contributed by atoms with Crippen LogP contribution in [-0.4, -0.2) is 7.05 Å². The normalized spacial score (nSPS) is 10.5. The van der Waals surface area contributed by atoms with Gasteiger partial charge < -0.3 is 10.1 Å².